The van der Waals surface area contributed by atoms with Crippen molar-refractivity contribution in [3.8, 4) is 0 Å². The van der Waals surface area contributed by atoms with Crippen LogP contribution in [0.3, 0.4) is 0 Å². The van der Waals surface area contributed by atoms with Crippen LogP contribution in [-0.2, 0) is 6.54 Å². The van der Waals surface area contributed by atoms with Crippen LogP contribution in [0.4, 0.5) is 0 Å². The molecule has 18 heavy (non-hydrogen) atoms. The maximum absolute atomic E-state index is 8.29. The van der Waals surface area contributed by atoms with E-state index >= 15 is 0 Å². The molecule has 1 saturated carbocycles. The Labute approximate surface area is 110 Å². The summed E-state index contributed by atoms with van der Waals surface area (Å²) >= 11 is 0. The predicted molar refractivity (Wildman–Crippen MR) is 74.7 cm³/mol. The van der Waals surface area contributed by atoms with E-state index < -0.39 is 0 Å². The minimum Gasteiger partial charge on any atom is -0.352 e. The van der Waals surface area contributed by atoms with Crippen molar-refractivity contribution in [2.24, 2.45) is 16.7 Å². The van der Waals surface area contributed by atoms with Crippen molar-refractivity contribution in [2.75, 3.05) is 6.54 Å². The largest absolute Gasteiger partial charge is 0.352 e. The van der Waals surface area contributed by atoms with Gasteiger partial charge >= 0.3 is 0 Å². The molecule has 1 heterocycles. The topological polar surface area (TPSA) is 27.1 Å². The highest BCUT2D eigenvalue weighted by atomic mass is 15.2. The Kier molecular flexibility index (Phi) is 2.20. The van der Waals surface area contributed by atoms with Gasteiger partial charge in [-0.15, -0.1) is 0 Å². The summed E-state index contributed by atoms with van der Waals surface area (Å²) in [5.41, 5.74) is 3.23. The number of rotatable bonds is 2. The third-order valence-corrected chi connectivity index (χ3v) is 5.67. The summed E-state index contributed by atoms with van der Waals surface area (Å²) in [6.45, 7) is 11.3. The molecule has 2 nitrogen and oxygen atoms in total. The molecule has 0 saturated heterocycles. The Morgan fingerprint density at radius 3 is 2.33 bits per heavy atom. The molecule has 0 bridgehead atoms. The molecule has 96 valence electrons. The van der Waals surface area contributed by atoms with Crippen molar-refractivity contribution in [2.45, 2.75) is 34.2 Å². The summed E-state index contributed by atoms with van der Waals surface area (Å²) in [4.78, 5) is 2.24. The van der Waals surface area contributed by atoms with Crippen molar-refractivity contribution in [1.29, 1.82) is 5.41 Å². The standard InChI is InChI=1S/C16H22N2/c1-15(2)13(16(15,3)4)10-18-9-11-7-5-6-8-12(11)14(18)17/h5-8,13,17H,9-10H2,1-4H3. The van der Waals surface area contributed by atoms with Gasteiger partial charge in [-0.1, -0.05) is 52.0 Å². The van der Waals surface area contributed by atoms with E-state index in [1.807, 2.05) is 6.07 Å². The van der Waals surface area contributed by atoms with Gasteiger partial charge in [0.2, 0.25) is 0 Å². The molecule has 1 aliphatic carbocycles. The molecule has 0 radical (unpaired) electrons. The van der Waals surface area contributed by atoms with Crippen molar-refractivity contribution >= 4 is 5.84 Å². The lowest BCUT2D eigenvalue weighted by Crippen LogP contribution is -2.27. The van der Waals surface area contributed by atoms with E-state index in [0.29, 0.717) is 22.6 Å². The van der Waals surface area contributed by atoms with Crippen LogP contribution < -0.4 is 0 Å². The van der Waals surface area contributed by atoms with Crippen molar-refractivity contribution in [3.05, 3.63) is 35.4 Å². The molecule has 0 aromatic heterocycles. The monoisotopic (exact) mass is 242 g/mol. The molecule has 1 fully saturated rings. The lowest BCUT2D eigenvalue weighted by molar-refractivity contribution is 0.370. The molecule has 1 aromatic rings. The highest BCUT2D eigenvalue weighted by Gasteiger charge is 2.64. The van der Waals surface area contributed by atoms with Crippen molar-refractivity contribution < 1.29 is 0 Å². The zero-order valence-electron chi connectivity index (χ0n) is 11.7. The Hall–Kier alpha value is -1.31. The number of hydrogen-bond donors (Lipinski definition) is 1. The molecule has 2 heteroatoms. The average Bonchev–Trinajstić information content (AvgIpc) is 2.59. The first kappa shape index (κ1) is 11.8. The van der Waals surface area contributed by atoms with E-state index in [4.69, 9.17) is 5.41 Å². The highest BCUT2D eigenvalue weighted by molar-refractivity contribution is 6.00. The Bertz CT molecular complexity index is 500. The fourth-order valence-corrected chi connectivity index (χ4v) is 3.51. The minimum absolute atomic E-state index is 0.405. The van der Waals surface area contributed by atoms with Crippen molar-refractivity contribution in [1.82, 2.24) is 4.90 Å². The van der Waals surface area contributed by atoms with Crippen LogP contribution in [0, 0.1) is 22.2 Å². The second-order valence-corrected chi connectivity index (χ2v) is 6.88. The zero-order valence-corrected chi connectivity index (χ0v) is 11.7. The third-order valence-electron chi connectivity index (χ3n) is 5.67. The number of nitrogens with one attached hydrogen (secondary N) is 1. The summed E-state index contributed by atoms with van der Waals surface area (Å²) in [5.74, 6) is 1.41. The van der Waals surface area contributed by atoms with Crippen LogP contribution in [0.15, 0.2) is 24.3 Å². The fourth-order valence-electron chi connectivity index (χ4n) is 3.51. The second-order valence-electron chi connectivity index (χ2n) is 6.88. The zero-order chi connectivity index (χ0) is 13.1. The molecule has 1 aliphatic heterocycles. The summed E-state index contributed by atoms with van der Waals surface area (Å²) < 4.78 is 0. The molecule has 0 amide bonds. The summed E-state index contributed by atoms with van der Waals surface area (Å²) in [6, 6.07) is 8.32. The van der Waals surface area contributed by atoms with E-state index in [0.717, 1.165) is 18.7 Å². The average molecular weight is 242 g/mol. The van der Waals surface area contributed by atoms with E-state index in [2.05, 4.69) is 50.8 Å². The highest BCUT2D eigenvalue weighted by Crippen LogP contribution is 2.68. The maximum Gasteiger partial charge on any atom is 0.128 e. The second kappa shape index (κ2) is 3.37. The molecule has 3 rings (SSSR count). The van der Waals surface area contributed by atoms with Gasteiger partial charge in [0, 0.05) is 18.7 Å². The quantitative estimate of drug-likeness (QED) is 0.844. The first-order valence-electron chi connectivity index (χ1n) is 6.77. The van der Waals surface area contributed by atoms with Crippen LogP contribution in [-0.4, -0.2) is 17.3 Å². The van der Waals surface area contributed by atoms with Gasteiger partial charge in [-0.25, -0.2) is 0 Å². The smallest absolute Gasteiger partial charge is 0.128 e. The van der Waals surface area contributed by atoms with Gasteiger partial charge in [0.25, 0.3) is 0 Å². The van der Waals surface area contributed by atoms with Crippen molar-refractivity contribution in [3.63, 3.8) is 0 Å². The summed E-state index contributed by atoms with van der Waals surface area (Å²) in [6.07, 6.45) is 0. The van der Waals surface area contributed by atoms with Gasteiger partial charge in [-0.05, 0) is 22.3 Å². The van der Waals surface area contributed by atoms with Gasteiger partial charge < -0.3 is 4.90 Å². The molecular formula is C16H22N2. The first-order chi connectivity index (χ1) is 8.35. The molecule has 2 aliphatic rings. The van der Waals surface area contributed by atoms with Gasteiger partial charge in [-0.2, -0.15) is 0 Å². The molecule has 0 atom stereocenters. The number of amidine groups is 1. The normalized spacial score (nSPS) is 24.2. The number of nitrogens with zero attached hydrogens (tertiary/aromatic N) is 1. The van der Waals surface area contributed by atoms with Crippen LogP contribution >= 0.6 is 0 Å². The van der Waals surface area contributed by atoms with Gasteiger partial charge in [0.15, 0.2) is 0 Å². The molecule has 0 spiro atoms. The fraction of sp³-hybridized carbons (Fsp3) is 0.562. The Balaban J connectivity index is 1.77. The number of benzene rings is 1. The lowest BCUT2D eigenvalue weighted by atomic mass is 10.0. The van der Waals surface area contributed by atoms with Crippen LogP contribution in [0.1, 0.15) is 38.8 Å². The maximum atomic E-state index is 8.29. The van der Waals surface area contributed by atoms with Crippen LogP contribution in [0.25, 0.3) is 0 Å². The lowest BCUT2D eigenvalue weighted by Gasteiger charge is -2.19. The Morgan fingerprint density at radius 1 is 1.17 bits per heavy atom. The van der Waals surface area contributed by atoms with Gasteiger partial charge in [0.05, 0.1) is 0 Å². The SMILES string of the molecule is CC1(C)C(CN2Cc3ccccc3C2=N)C1(C)C. The number of hydrogen-bond acceptors (Lipinski definition) is 1. The Morgan fingerprint density at radius 2 is 1.78 bits per heavy atom. The van der Waals surface area contributed by atoms with Crippen LogP contribution in [0.5, 0.6) is 0 Å². The number of fused-ring (bicyclic) bond motifs is 1. The van der Waals surface area contributed by atoms with Crippen LogP contribution in [0.2, 0.25) is 0 Å². The molecule has 0 unspecified atom stereocenters. The molecule has 1 aromatic carbocycles. The van der Waals surface area contributed by atoms with Gasteiger partial charge in [-0.3, -0.25) is 5.41 Å². The van der Waals surface area contributed by atoms with E-state index in [9.17, 15) is 0 Å². The van der Waals surface area contributed by atoms with E-state index in [-0.39, 0.29) is 0 Å². The predicted octanol–water partition coefficient (Wildman–Crippen LogP) is 3.51. The van der Waals surface area contributed by atoms with E-state index in [1.54, 1.807) is 0 Å². The summed E-state index contributed by atoms with van der Waals surface area (Å²) in [5, 5.41) is 8.29. The summed E-state index contributed by atoms with van der Waals surface area (Å²) in [7, 11) is 0. The first-order valence-corrected chi connectivity index (χ1v) is 6.77. The van der Waals surface area contributed by atoms with E-state index in [1.165, 1.54) is 5.56 Å². The minimum atomic E-state index is 0.405. The van der Waals surface area contributed by atoms with Gasteiger partial charge in [0.1, 0.15) is 5.84 Å². The molecular weight excluding hydrogens is 220 g/mol. The molecule has 1 N–H and O–H groups in total. The third kappa shape index (κ3) is 1.38.